The van der Waals surface area contributed by atoms with E-state index < -0.39 is 15.5 Å². The maximum Gasteiger partial charge on any atom is 0.511 e. The van der Waals surface area contributed by atoms with Crippen LogP contribution >= 0.6 is 23.2 Å². The lowest BCUT2D eigenvalue weighted by molar-refractivity contribution is -0.0497. The number of benzene rings is 3. The predicted octanol–water partition coefficient (Wildman–Crippen LogP) is 7.65. The molecule has 212 valence electrons. The number of fused-ring (bicyclic) bond motifs is 1. The third-order valence-electron chi connectivity index (χ3n) is 7.55. The van der Waals surface area contributed by atoms with Crippen LogP contribution in [0.4, 0.5) is 13.2 Å². The van der Waals surface area contributed by atoms with Crippen LogP contribution < -0.4 is 0 Å². The molecule has 1 saturated heterocycles. The molecule has 0 radical (unpaired) electrons. The Labute approximate surface area is 241 Å². The number of hydrogen-bond donors (Lipinski definition) is 0. The van der Waals surface area contributed by atoms with Gasteiger partial charge in [-0.3, -0.25) is 0 Å². The summed E-state index contributed by atoms with van der Waals surface area (Å²) in [4.78, 5) is 4.83. The monoisotopic (exact) mass is 609 g/mol. The smallest absolute Gasteiger partial charge is 0.328 e. The fourth-order valence-corrected chi connectivity index (χ4v) is 6.70. The van der Waals surface area contributed by atoms with Gasteiger partial charge in [0.05, 0.1) is 11.0 Å². The van der Waals surface area contributed by atoms with E-state index in [2.05, 4.69) is 16.7 Å². The number of piperidine rings is 1. The lowest BCUT2D eigenvalue weighted by Crippen LogP contribution is -2.45. The number of hydrogen-bond acceptors (Lipinski definition) is 3. The van der Waals surface area contributed by atoms with Gasteiger partial charge < -0.3 is 4.57 Å². The molecule has 1 aliphatic rings. The number of imidazole rings is 1. The molecule has 40 heavy (non-hydrogen) atoms. The van der Waals surface area contributed by atoms with E-state index in [4.69, 9.17) is 28.2 Å². The van der Waals surface area contributed by atoms with Crippen molar-refractivity contribution in [1.29, 1.82) is 0 Å². The molecule has 3 aromatic carbocycles. The van der Waals surface area contributed by atoms with Gasteiger partial charge in [0.1, 0.15) is 5.82 Å². The maximum absolute atomic E-state index is 13.0. The van der Waals surface area contributed by atoms with Gasteiger partial charge in [-0.15, -0.1) is 0 Å². The second kappa shape index (κ2) is 11.4. The minimum absolute atomic E-state index is 0.0226. The molecule has 1 aliphatic heterocycles. The Balaban J connectivity index is 1.48. The first kappa shape index (κ1) is 28.9. The highest BCUT2D eigenvalue weighted by Gasteiger charge is 2.50. The van der Waals surface area contributed by atoms with E-state index in [1.165, 1.54) is 0 Å². The van der Waals surface area contributed by atoms with E-state index in [-0.39, 0.29) is 24.9 Å². The van der Waals surface area contributed by atoms with Crippen LogP contribution in [-0.4, -0.2) is 40.9 Å². The second-order valence-electron chi connectivity index (χ2n) is 10.1. The maximum atomic E-state index is 13.0. The fraction of sp³-hybridized carbons (Fsp3) is 0.345. The largest absolute Gasteiger partial charge is 0.511 e. The van der Waals surface area contributed by atoms with Crippen LogP contribution in [0.2, 0.25) is 10.0 Å². The summed E-state index contributed by atoms with van der Waals surface area (Å²) in [6.07, 6.45) is 1.37. The van der Waals surface area contributed by atoms with Crippen molar-refractivity contribution < 1.29 is 21.6 Å². The third kappa shape index (κ3) is 5.75. The highest BCUT2D eigenvalue weighted by atomic mass is 35.5. The summed E-state index contributed by atoms with van der Waals surface area (Å²) in [5, 5.41) is 1.29. The number of aromatic nitrogens is 2. The molecular weight excluding hydrogens is 582 g/mol. The van der Waals surface area contributed by atoms with Crippen molar-refractivity contribution in [2.24, 2.45) is 5.92 Å². The van der Waals surface area contributed by atoms with Gasteiger partial charge in [0, 0.05) is 42.0 Å². The summed E-state index contributed by atoms with van der Waals surface area (Å²) < 4.78 is 65.5. The summed E-state index contributed by atoms with van der Waals surface area (Å²) in [6.45, 7) is 2.26. The van der Waals surface area contributed by atoms with Gasteiger partial charge in [-0.25, -0.2) is 13.4 Å². The van der Waals surface area contributed by atoms with E-state index >= 15 is 0 Å². The Morgan fingerprint density at radius 2 is 1.43 bits per heavy atom. The van der Waals surface area contributed by atoms with E-state index in [1.54, 1.807) is 0 Å². The molecule has 0 spiro atoms. The molecule has 0 bridgehead atoms. The normalized spacial score (nSPS) is 15.8. The molecule has 1 aromatic heterocycles. The zero-order chi connectivity index (χ0) is 28.7. The van der Waals surface area contributed by atoms with Crippen LogP contribution in [0.1, 0.15) is 48.2 Å². The minimum atomic E-state index is -5.31. The van der Waals surface area contributed by atoms with Crippen molar-refractivity contribution in [2.45, 2.75) is 44.2 Å². The number of nitrogens with zero attached hydrogens (tertiary/aromatic N) is 3. The predicted molar refractivity (Wildman–Crippen MR) is 152 cm³/mol. The summed E-state index contributed by atoms with van der Waals surface area (Å²) in [5.41, 5.74) is -0.336. The molecule has 0 aliphatic carbocycles. The van der Waals surface area contributed by atoms with Crippen molar-refractivity contribution in [2.75, 3.05) is 13.1 Å². The second-order valence-corrected chi connectivity index (χ2v) is 12.9. The average Bonchev–Trinajstić information content (AvgIpc) is 3.27. The average molecular weight is 611 g/mol. The molecule has 2 heterocycles. The topological polar surface area (TPSA) is 55.2 Å². The highest BCUT2D eigenvalue weighted by Crippen LogP contribution is 2.36. The minimum Gasteiger partial charge on any atom is -0.328 e. The van der Waals surface area contributed by atoms with Gasteiger partial charge in [0.2, 0.25) is 0 Å². The SMILES string of the molecule is CCc1nc2ccc(C(c3ccc(Cl)cc3)c3ccc(Cl)cc3)cc2n1CC1CCN(S(=O)(=O)C(F)(F)F)CC1. The molecule has 4 aromatic rings. The lowest BCUT2D eigenvalue weighted by atomic mass is 9.85. The molecular formula is C29H28Cl2F3N3O2S. The van der Waals surface area contributed by atoms with Crippen LogP contribution in [0.25, 0.3) is 11.0 Å². The molecule has 0 atom stereocenters. The van der Waals surface area contributed by atoms with Crippen LogP contribution in [-0.2, 0) is 23.0 Å². The summed E-state index contributed by atoms with van der Waals surface area (Å²) >= 11 is 12.3. The highest BCUT2D eigenvalue weighted by molar-refractivity contribution is 7.90. The number of alkyl halides is 3. The third-order valence-corrected chi connectivity index (χ3v) is 9.69. The quantitative estimate of drug-likeness (QED) is 0.202. The summed E-state index contributed by atoms with van der Waals surface area (Å²) in [6, 6.07) is 21.7. The first-order valence-corrected chi connectivity index (χ1v) is 15.2. The van der Waals surface area contributed by atoms with E-state index in [0.717, 1.165) is 33.5 Å². The molecule has 0 amide bonds. The molecule has 11 heteroatoms. The van der Waals surface area contributed by atoms with Crippen LogP contribution in [0, 0.1) is 5.92 Å². The molecule has 0 unspecified atom stereocenters. The lowest BCUT2D eigenvalue weighted by Gasteiger charge is -2.32. The van der Waals surface area contributed by atoms with Crippen LogP contribution in [0.15, 0.2) is 66.7 Å². The number of aryl methyl sites for hydroxylation is 1. The Bertz CT molecular complexity index is 1550. The van der Waals surface area contributed by atoms with Crippen molar-refractivity contribution in [1.82, 2.24) is 13.9 Å². The van der Waals surface area contributed by atoms with Gasteiger partial charge in [-0.05, 0) is 71.8 Å². The van der Waals surface area contributed by atoms with E-state index in [0.29, 0.717) is 40.2 Å². The van der Waals surface area contributed by atoms with E-state index in [1.807, 2.05) is 61.5 Å². The molecule has 5 nitrogen and oxygen atoms in total. The Hall–Kier alpha value is -2.59. The zero-order valence-corrected chi connectivity index (χ0v) is 24.0. The van der Waals surface area contributed by atoms with Crippen molar-refractivity contribution >= 4 is 44.3 Å². The first-order valence-electron chi connectivity index (χ1n) is 13.0. The van der Waals surface area contributed by atoms with Crippen LogP contribution in [0.5, 0.6) is 0 Å². The van der Waals surface area contributed by atoms with Gasteiger partial charge in [-0.2, -0.15) is 17.5 Å². The van der Waals surface area contributed by atoms with Crippen molar-refractivity contribution in [3.8, 4) is 0 Å². The fourth-order valence-electron chi connectivity index (χ4n) is 5.47. The Morgan fingerprint density at radius 3 is 1.93 bits per heavy atom. The molecule has 1 fully saturated rings. The van der Waals surface area contributed by atoms with E-state index in [9.17, 15) is 21.6 Å². The van der Waals surface area contributed by atoms with Gasteiger partial charge in [0.25, 0.3) is 0 Å². The summed E-state index contributed by atoms with van der Waals surface area (Å²) in [7, 11) is -5.31. The van der Waals surface area contributed by atoms with Gasteiger partial charge in [0.15, 0.2) is 0 Å². The van der Waals surface area contributed by atoms with Crippen LogP contribution in [0.3, 0.4) is 0 Å². The zero-order valence-electron chi connectivity index (χ0n) is 21.7. The Kier molecular flexibility index (Phi) is 8.21. The molecule has 5 rings (SSSR count). The number of halogens is 5. The number of rotatable bonds is 7. The van der Waals surface area contributed by atoms with Crippen molar-refractivity contribution in [3.05, 3.63) is 99.3 Å². The Morgan fingerprint density at radius 1 is 0.900 bits per heavy atom. The van der Waals surface area contributed by atoms with Crippen molar-refractivity contribution in [3.63, 3.8) is 0 Å². The first-order chi connectivity index (χ1) is 19.0. The van der Waals surface area contributed by atoms with Gasteiger partial charge in [-0.1, -0.05) is 60.5 Å². The number of sulfonamides is 1. The molecule has 0 saturated carbocycles. The van der Waals surface area contributed by atoms with Gasteiger partial charge >= 0.3 is 15.5 Å². The molecule has 0 N–H and O–H groups in total. The standard InChI is InChI=1S/C29H28Cl2F3N3O2S/c1-2-27-35-25-12-7-22(28(20-3-8-23(30)9-4-20)21-5-10-24(31)11-6-21)17-26(25)37(27)18-19-13-15-36(16-14-19)40(38,39)29(32,33)34/h3-12,17,19,28H,2,13-16,18H2,1H3. The summed E-state index contributed by atoms with van der Waals surface area (Å²) in [5.74, 6) is 0.810.